The Morgan fingerprint density at radius 1 is 1.22 bits per heavy atom. The van der Waals surface area contributed by atoms with Gasteiger partial charge in [-0.15, -0.1) is 0 Å². The maximum atomic E-state index is 12.4. The zero-order valence-electron chi connectivity index (χ0n) is 16.2. The van der Waals surface area contributed by atoms with E-state index >= 15 is 0 Å². The van der Waals surface area contributed by atoms with E-state index in [1.165, 1.54) is 0 Å². The summed E-state index contributed by atoms with van der Waals surface area (Å²) in [5.74, 6) is 0.389. The number of hydrogen-bond acceptors (Lipinski definition) is 4. The van der Waals surface area contributed by atoms with Crippen LogP contribution in [0, 0.1) is 11.3 Å². The van der Waals surface area contributed by atoms with Crippen LogP contribution in [0.5, 0.6) is 0 Å². The molecule has 0 spiro atoms. The fourth-order valence-corrected chi connectivity index (χ4v) is 6.02. The number of esters is 1. The molecule has 0 N–H and O–H groups in total. The lowest BCUT2D eigenvalue weighted by Crippen LogP contribution is -2.43. The van der Waals surface area contributed by atoms with Crippen molar-refractivity contribution in [3.05, 3.63) is 0 Å². The van der Waals surface area contributed by atoms with Crippen LogP contribution < -0.4 is 0 Å². The molecule has 136 valence electrons. The SMILES string of the molecule is CC[Si](CC)(CC)OOC(C)(C)CC1(CC(C)C)CCOC1=O. The van der Waals surface area contributed by atoms with E-state index in [9.17, 15) is 4.79 Å². The molecule has 1 atom stereocenters. The molecule has 1 aliphatic heterocycles. The highest BCUT2D eigenvalue weighted by Crippen LogP contribution is 2.44. The van der Waals surface area contributed by atoms with E-state index in [0.29, 0.717) is 18.9 Å². The highest BCUT2D eigenvalue weighted by atomic mass is 28.4. The summed E-state index contributed by atoms with van der Waals surface area (Å²) in [6.07, 6.45) is 2.28. The highest BCUT2D eigenvalue weighted by Gasteiger charge is 2.49. The van der Waals surface area contributed by atoms with Crippen molar-refractivity contribution in [3.63, 3.8) is 0 Å². The molecule has 1 saturated heterocycles. The van der Waals surface area contributed by atoms with Crippen LogP contribution in [-0.4, -0.2) is 26.5 Å². The number of carbonyl (C=O) groups excluding carboxylic acids is 1. The highest BCUT2D eigenvalue weighted by molar-refractivity contribution is 6.73. The molecule has 0 aromatic heterocycles. The molecule has 1 unspecified atom stereocenters. The van der Waals surface area contributed by atoms with Crippen molar-refractivity contribution in [1.29, 1.82) is 0 Å². The van der Waals surface area contributed by atoms with Crippen molar-refractivity contribution in [1.82, 2.24) is 0 Å². The van der Waals surface area contributed by atoms with Gasteiger partial charge in [0, 0.05) is 0 Å². The second-order valence-electron chi connectivity index (χ2n) is 8.11. The number of ether oxygens (including phenoxy) is 1. The van der Waals surface area contributed by atoms with Crippen molar-refractivity contribution < 1.29 is 19.0 Å². The summed E-state index contributed by atoms with van der Waals surface area (Å²) in [6.45, 7) is 15.4. The van der Waals surface area contributed by atoms with Crippen LogP contribution in [0.2, 0.25) is 18.1 Å². The van der Waals surface area contributed by atoms with E-state index in [0.717, 1.165) is 31.0 Å². The average molecular weight is 345 g/mol. The van der Waals surface area contributed by atoms with Crippen LogP contribution in [0.4, 0.5) is 0 Å². The fraction of sp³-hybridized carbons (Fsp3) is 0.944. The van der Waals surface area contributed by atoms with Gasteiger partial charge in [-0.05, 0) is 57.2 Å². The summed E-state index contributed by atoms with van der Waals surface area (Å²) in [5, 5.41) is 0. The molecule has 0 amide bonds. The standard InChI is InChI=1S/C18H36O4Si/c1-8-23(9-2,10-3)22-21-17(6,7)14-18(13-15(4)5)11-12-20-16(18)19/h15H,8-14H2,1-7H3. The van der Waals surface area contributed by atoms with Gasteiger partial charge in [-0.1, -0.05) is 34.6 Å². The fourth-order valence-electron chi connectivity index (χ4n) is 3.77. The number of carbonyl (C=O) groups is 1. The van der Waals surface area contributed by atoms with Crippen molar-refractivity contribution in [2.75, 3.05) is 6.61 Å². The lowest BCUT2D eigenvalue weighted by Gasteiger charge is -2.37. The van der Waals surface area contributed by atoms with Crippen molar-refractivity contribution in [3.8, 4) is 0 Å². The first-order chi connectivity index (χ1) is 10.6. The minimum atomic E-state index is -1.79. The third kappa shape index (κ3) is 5.30. The van der Waals surface area contributed by atoms with Gasteiger partial charge in [0.05, 0.1) is 17.6 Å². The lowest BCUT2D eigenvalue weighted by molar-refractivity contribution is -0.299. The van der Waals surface area contributed by atoms with E-state index in [1.807, 2.05) is 13.8 Å². The Labute approximate surface area is 143 Å². The summed E-state index contributed by atoms with van der Waals surface area (Å²) in [5.41, 5.74) is -0.911. The van der Waals surface area contributed by atoms with Crippen LogP contribution in [-0.2, 0) is 19.0 Å². The minimum Gasteiger partial charge on any atom is -0.465 e. The molecule has 1 rings (SSSR count). The summed E-state index contributed by atoms with van der Waals surface area (Å²) in [7, 11) is -1.79. The molecular weight excluding hydrogens is 308 g/mol. The molecule has 0 aromatic rings. The van der Waals surface area contributed by atoms with Crippen molar-refractivity contribution >= 4 is 14.3 Å². The first-order valence-corrected chi connectivity index (χ1v) is 11.7. The Morgan fingerprint density at radius 3 is 2.17 bits per heavy atom. The predicted molar refractivity (Wildman–Crippen MR) is 95.5 cm³/mol. The van der Waals surface area contributed by atoms with Crippen LogP contribution in [0.25, 0.3) is 0 Å². The van der Waals surface area contributed by atoms with Gasteiger partial charge >= 0.3 is 5.97 Å². The molecule has 1 heterocycles. The molecule has 0 aliphatic carbocycles. The molecule has 23 heavy (non-hydrogen) atoms. The van der Waals surface area contributed by atoms with Gasteiger partial charge < -0.3 is 4.74 Å². The zero-order chi connectivity index (χ0) is 17.7. The molecule has 1 aliphatic rings. The maximum Gasteiger partial charge on any atom is 0.312 e. The summed E-state index contributed by atoms with van der Waals surface area (Å²) < 4.78 is 11.3. The molecule has 1 fully saturated rings. The van der Waals surface area contributed by atoms with Crippen LogP contribution in [0.3, 0.4) is 0 Å². The average Bonchev–Trinajstić information content (AvgIpc) is 2.80. The second kappa shape index (κ2) is 8.12. The normalized spacial score (nSPS) is 22.7. The maximum absolute atomic E-state index is 12.4. The third-order valence-corrected chi connectivity index (χ3v) is 9.49. The van der Waals surface area contributed by atoms with E-state index in [2.05, 4.69) is 34.6 Å². The van der Waals surface area contributed by atoms with Gasteiger partial charge in [0.1, 0.15) is 0 Å². The predicted octanol–water partition coefficient (Wildman–Crippen LogP) is 5.09. The van der Waals surface area contributed by atoms with E-state index in [-0.39, 0.29) is 5.97 Å². The van der Waals surface area contributed by atoms with Gasteiger partial charge in [0.15, 0.2) is 0 Å². The first-order valence-electron chi connectivity index (χ1n) is 9.18. The summed E-state index contributed by atoms with van der Waals surface area (Å²) in [6, 6.07) is 3.15. The Hall–Kier alpha value is -0.393. The topological polar surface area (TPSA) is 44.8 Å². The third-order valence-electron chi connectivity index (χ3n) is 5.19. The van der Waals surface area contributed by atoms with E-state index < -0.39 is 19.3 Å². The Balaban J connectivity index is 2.80. The minimum absolute atomic E-state index is 0.0622. The number of cyclic esters (lactones) is 1. The van der Waals surface area contributed by atoms with Gasteiger partial charge in [0.25, 0.3) is 0 Å². The molecule has 0 aromatic carbocycles. The molecule has 0 radical (unpaired) electrons. The van der Waals surface area contributed by atoms with E-state index in [1.54, 1.807) is 0 Å². The smallest absolute Gasteiger partial charge is 0.312 e. The van der Waals surface area contributed by atoms with Gasteiger partial charge in [-0.25, -0.2) is 4.89 Å². The number of hydrogen-bond donors (Lipinski definition) is 0. The molecule has 5 heteroatoms. The monoisotopic (exact) mass is 344 g/mol. The summed E-state index contributed by atoms with van der Waals surface area (Å²) in [4.78, 5) is 18.3. The first kappa shape index (κ1) is 20.7. The molecular formula is C18H36O4Si. The molecule has 4 nitrogen and oxygen atoms in total. The van der Waals surface area contributed by atoms with Crippen LogP contribution >= 0.6 is 0 Å². The number of rotatable bonds is 10. The summed E-state index contributed by atoms with van der Waals surface area (Å²) >= 11 is 0. The molecule has 0 bridgehead atoms. The second-order valence-corrected chi connectivity index (χ2v) is 12.8. The Bertz CT molecular complexity index is 382. The lowest BCUT2D eigenvalue weighted by atomic mass is 9.72. The Kier molecular flexibility index (Phi) is 7.29. The van der Waals surface area contributed by atoms with Gasteiger partial charge in [0.2, 0.25) is 8.32 Å². The largest absolute Gasteiger partial charge is 0.465 e. The van der Waals surface area contributed by atoms with E-state index in [4.69, 9.17) is 14.2 Å². The van der Waals surface area contributed by atoms with Crippen molar-refractivity contribution in [2.45, 2.75) is 91.5 Å². The van der Waals surface area contributed by atoms with Gasteiger partial charge in [-0.2, -0.15) is 0 Å². The van der Waals surface area contributed by atoms with Crippen molar-refractivity contribution in [2.24, 2.45) is 11.3 Å². The Morgan fingerprint density at radius 2 is 1.78 bits per heavy atom. The van der Waals surface area contributed by atoms with Crippen LogP contribution in [0.1, 0.15) is 67.7 Å². The quantitative estimate of drug-likeness (QED) is 0.240. The van der Waals surface area contributed by atoms with Crippen LogP contribution in [0.15, 0.2) is 0 Å². The van der Waals surface area contributed by atoms with Gasteiger partial charge in [-0.3, -0.25) is 9.37 Å². The molecule has 0 saturated carbocycles. The zero-order valence-corrected chi connectivity index (χ0v) is 17.2.